The van der Waals surface area contributed by atoms with E-state index < -0.39 is 0 Å². The molecule has 1 rings (SSSR count). The normalized spacial score (nSPS) is 13.9. The zero-order valence-electron chi connectivity index (χ0n) is 11.9. The molecule has 1 aromatic heterocycles. The molecule has 106 valence electrons. The van der Waals surface area contributed by atoms with Crippen LogP contribution in [0.4, 0.5) is 5.69 Å². The SMILES string of the molecule is C=c1[nH]cc(NC(/C=C\C=C\OC)=C/C)/c1=C/C=C\N. The molecule has 1 aromatic rings. The molecule has 0 bridgehead atoms. The van der Waals surface area contributed by atoms with E-state index in [2.05, 4.69) is 16.9 Å². The van der Waals surface area contributed by atoms with Gasteiger partial charge in [0.25, 0.3) is 0 Å². The summed E-state index contributed by atoms with van der Waals surface area (Å²) in [6.45, 7) is 5.91. The molecule has 0 unspecified atom stereocenters. The summed E-state index contributed by atoms with van der Waals surface area (Å²) >= 11 is 0. The minimum absolute atomic E-state index is 0.837. The lowest BCUT2D eigenvalue weighted by molar-refractivity contribution is 0.338. The number of hydrogen-bond donors (Lipinski definition) is 3. The lowest BCUT2D eigenvalue weighted by Crippen LogP contribution is -2.22. The standard InChI is InChI=1S/C16H21N3O/c1-4-14(8-5-6-11-20-3)19-16-12-18-13(2)15(16)9-7-10-17/h4-12,18-19H,2,17H2,1,3H3/b8-5-,10-7-,11-6+,14-4+,15-9+. The van der Waals surface area contributed by atoms with Gasteiger partial charge in [-0.05, 0) is 37.4 Å². The van der Waals surface area contributed by atoms with Gasteiger partial charge in [0, 0.05) is 22.5 Å². The predicted molar refractivity (Wildman–Crippen MR) is 86.0 cm³/mol. The van der Waals surface area contributed by atoms with E-state index >= 15 is 0 Å². The molecule has 0 aliphatic heterocycles. The van der Waals surface area contributed by atoms with Crippen LogP contribution in [0, 0.1) is 0 Å². The summed E-state index contributed by atoms with van der Waals surface area (Å²) in [6.07, 6.45) is 16.3. The van der Waals surface area contributed by atoms with Crippen LogP contribution in [0.25, 0.3) is 12.7 Å². The highest BCUT2D eigenvalue weighted by Gasteiger charge is 1.98. The quantitative estimate of drug-likeness (QED) is 0.545. The van der Waals surface area contributed by atoms with E-state index in [1.54, 1.807) is 19.4 Å². The van der Waals surface area contributed by atoms with Crippen molar-refractivity contribution in [3.05, 3.63) is 65.3 Å². The molecule has 0 amide bonds. The number of nitrogens with two attached hydrogens (primary N) is 1. The second-order valence-corrected chi connectivity index (χ2v) is 3.94. The molecular weight excluding hydrogens is 250 g/mol. The monoisotopic (exact) mass is 271 g/mol. The average Bonchev–Trinajstić information content (AvgIpc) is 2.80. The van der Waals surface area contributed by atoms with Crippen LogP contribution >= 0.6 is 0 Å². The Labute approximate surface area is 119 Å². The van der Waals surface area contributed by atoms with Crippen molar-refractivity contribution in [2.45, 2.75) is 6.92 Å². The fourth-order valence-electron chi connectivity index (χ4n) is 1.57. The van der Waals surface area contributed by atoms with Gasteiger partial charge < -0.3 is 20.8 Å². The van der Waals surface area contributed by atoms with Gasteiger partial charge in [-0.1, -0.05) is 18.7 Å². The van der Waals surface area contributed by atoms with Gasteiger partial charge in [0.05, 0.1) is 19.1 Å². The Morgan fingerprint density at radius 1 is 1.40 bits per heavy atom. The first kappa shape index (κ1) is 15.4. The van der Waals surface area contributed by atoms with Crippen molar-refractivity contribution in [1.82, 2.24) is 4.98 Å². The number of rotatable bonds is 6. The number of H-pyrrole nitrogens is 1. The summed E-state index contributed by atoms with van der Waals surface area (Å²) in [6, 6.07) is 0. The molecule has 4 nitrogen and oxygen atoms in total. The maximum absolute atomic E-state index is 5.36. The summed E-state index contributed by atoms with van der Waals surface area (Å²) in [5, 5.41) is 5.14. The first-order valence-corrected chi connectivity index (χ1v) is 6.27. The van der Waals surface area contributed by atoms with E-state index in [0.717, 1.165) is 22.0 Å². The summed E-state index contributed by atoms with van der Waals surface area (Å²) in [4.78, 5) is 3.09. The average molecular weight is 271 g/mol. The molecule has 0 saturated heterocycles. The number of ether oxygens (including phenoxy) is 1. The maximum atomic E-state index is 5.36. The van der Waals surface area contributed by atoms with E-state index in [1.807, 2.05) is 43.5 Å². The van der Waals surface area contributed by atoms with Gasteiger partial charge in [0.15, 0.2) is 0 Å². The molecule has 0 atom stereocenters. The zero-order chi connectivity index (χ0) is 14.8. The molecular formula is C16H21N3O. The molecule has 0 saturated carbocycles. The molecule has 0 aromatic carbocycles. The molecule has 1 heterocycles. The molecule has 4 N–H and O–H groups in total. The van der Waals surface area contributed by atoms with Gasteiger partial charge >= 0.3 is 0 Å². The maximum Gasteiger partial charge on any atom is 0.0824 e. The van der Waals surface area contributed by atoms with Crippen molar-refractivity contribution >= 4 is 18.3 Å². The van der Waals surface area contributed by atoms with Crippen LogP contribution in [0.5, 0.6) is 0 Å². The predicted octanol–water partition coefficient (Wildman–Crippen LogP) is 1.71. The Morgan fingerprint density at radius 3 is 2.85 bits per heavy atom. The summed E-state index contributed by atoms with van der Waals surface area (Å²) in [5.41, 5.74) is 7.28. The Hall–Kier alpha value is -2.62. The van der Waals surface area contributed by atoms with Crippen LogP contribution in [0.2, 0.25) is 0 Å². The number of anilines is 1. The van der Waals surface area contributed by atoms with Crippen molar-refractivity contribution in [3.63, 3.8) is 0 Å². The molecule has 20 heavy (non-hydrogen) atoms. The van der Waals surface area contributed by atoms with Crippen molar-refractivity contribution in [2.24, 2.45) is 5.73 Å². The molecule has 0 spiro atoms. The smallest absolute Gasteiger partial charge is 0.0824 e. The minimum Gasteiger partial charge on any atom is -0.504 e. The molecule has 4 heteroatoms. The Bertz CT molecular complexity index is 633. The molecule has 0 aliphatic rings. The van der Waals surface area contributed by atoms with Crippen molar-refractivity contribution < 1.29 is 4.74 Å². The first-order valence-electron chi connectivity index (χ1n) is 6.27. The highest BCUT2D eigenvalue weighted by molar-refractivity contribution is 5.56. The topological polar surface area (TPSA) is 63.1 Å². The number of hydrogen-bond acceptors (Lipinski definition) is 3. The summed E-state index contributed by atoms with van der Waals surface area (Å²) in [5.74, 6) is 0. The minimum atomic E-state index is 0.837. The lowest BCUT2D eigenvalue weighted by Gasteiger charge is -2.04. The Kier molecular flexibility index (Phi) is 6.54. The summed E-state index contributed by atoms with van der Waals surface area (Å²) < 4.78 is 4.83. The third kappa shape index (κ3) is 4.57. The second-order valence-electron chi connectivity index (χ2n) is 3.94. The van der Waals surface area contributed by atoms with Crippen LogP contribution in [0.3, 0.4) is 0 Å². The lowest BCUT2D eigenvalue weighted by atomic mass is 10.3. The van der Waals surface area contributed by atoms with Gasteiger partial charge in [-0.15, -0.1) is 0 Å². The van der Waals surface area contributed by atoms with E-state index in [9.17, 15) is 0 Å². The van der Waals surface area contributed by atoms with Gasteiger partial charge in [-0.25, -0.2) is 0 Å². The number of aromatic nitrogens is 1. The van der Waals surface area contributed by atoms with E-state index in [4.69, 9.17) is 10.5 Å². The number of nitrogens with one attached hydrogen (secondary N) is 2. The highest BCUT2D eigenvalue weighted by Crippen LogP contribution is 2.03. The van der Waals surface area contributed by atoms with Crippen LogP contribution in [0.1, 0.15) is 6.92 Å². The van der Waals surface area contributed by atoms with Crippen molar-refractivity contribution in [2.75, 3.05) is 12.4 Å². The second kappa shape index (κ2) is 8.48. The van der Waals surface area contributed by atoms with Gasteiger partial charge in [0.1, 0.15) is 0 Å². The first-order chi connectivity index (χ1) is 9.72. The van der Waals surface area contributed by atoms with E-state index in [0.29, 0.717) is 0 Å². The molecule has 0 aliphatic carbocycles. The van der Waals surface area contributed by atoms with Crippen molar-refractivity contribution in [1.29, 1.82) is 0 Å². The van der Waals surface area contributed by atoms with Crippen LogP contribution in [-0.4, -0.2) is 12.1 Å². The fraction of sp³-hybridized carbons (Fsp3) is 0.125. The van der Waals surface area contributed by atoms with Gasteiger partial charge in [-0.3, -0.25) is 0 Å². The molecule has 0 fully saturated rings. The van der Waals surface area contributed by atoms with Gasteiger partial charge in [-0.2, -0.15) is 0 Å². The van der Waals surface area contributed by atoms with Crippen LogP contribution in [-0.2, 0) is 4.74 Å². The number of methoxy groups -OCH3 is 1. The molecule has 0 radical (unpaired) electrons. The van der Waals surface area contributed by atoms with Crippen molar-refractivity contribution in [3.8, 4) is 0 Å². The summed E-state index contributed by atoms with van der Waals surface area (Å²) in [7, 11) is 1.61. The third-order valence-corrected chi connectivity index (χ3v) is 2.57. The van der Waals surface area contributed by atoms with Crippen LogP contribution < -0.4 is 21.6 Å². The fourth-order valence-corrected chi connectivity index (χ4v) is 1.57. The number of aromatic amines is 1. The number of allylic oxidation sites excluding steroid dienone is 5. The third-order valence-electron chi connectivity index (χ3n) is 2.57. The zero-order valence-corrected chi connectivity index (χ0v) is 11.9. The van der Waals surface area contributed by atoms with Crippen LogP contribution in [0.15, 0.2) is 54.7 Å². The largest absolute Gasteiger partial charge is 0.504 e. The van der Waals surface area contributed by atoms with E-state index in [1.165, 1.54) is 6.20 Å². The van der Waals surface area contributed by atoms with Gasteiger partial charge in [0.2, 0.25) is 0 Å². The Balaban J connectivity index is 2.95. The van der Waals surface area contributed by atoms with E-state index in [-0.39, 0.29) is 0 Å². The highest BCUT2D eigenvalue weighted by atomic mass is 16.5. The Morgan fingerprint density at radius 2 is 2.20 bits per heavy atom.